The summed E-state index contributed by atoms with van der Waals surface area (Å²) in [6, 6.07) is 10.4. The number of carbonyl (C=O) groups excluding carboxylic acids is 1. The summed E-state index contributed by atoms with van der Waals surface area (Å²) in [6.07, 6.45) is 9.36. The number of piperidine rings is 1. The second-order valence-corrected chi connectivity index (χ2v) is 6.21. The van der Waals surface area contributed by atoms with Crippen LogP contribution >= 0.6 is 0 Å². The first-order valence-corrected chi connectivity index (χ1v) is 8.34. The Morgan fingerprint density at radius 3 is 2.79 bits per heavy atom. The fourth-order valence-corrected chi connectivity index (χ4v) is 3.25. The maximum atomic E-state index is 12.1. The Bertz CT molecular complexity index is 707. The maximum absolute atomic E-state index is 12.1. The Labute approximate surface area is 143 Å². The standard InChI is InChI=1S/C19H24N4O/c1-22-14-13-21-19(22)18-16(10-11-17(24)23(18)2)20-12-6-9-15-7-4-3-5-8-15/h3-9,13-14,16,18,20H,10-12H2,1-2H3/b9-6+/t16-,18-/m1/s1. The predicted octanol–water partition coefficient (Wildman–Crippen LogP) is 2.39. The van der Waals surface area contributed by atoms with E-state index in [0.717, 1.165) is 18.8 Å². The highest BCUT2D eigenvalue weighted by molar-refractivity contribution is 5.77. The Morgan fingerprint density at radius 2 is 2.08 bits per heavy atom. The minimum absolute atomic E-state index is 0.0311. The number of amides is 1. The van der Waals surface area contributed by atoms with Crippen LogP contribution in [0.25, 0.3) is 6.08 Å². The van der Waals surface area contributed by atoms with Crippen molar-refractivity contribution < 1.29 is 4.79 Å². The van der Waals surface area contributed by atoms with Gasteiger partial charge in [-0.05, 0) is 12.0 Å². The molecule has 24 heavy (non-hydrogen) atoms. The summed E-state index contributed by atoms with van der Waals surface area (Å²) in [7, 11) is 3.84. The van der Waals surface area contributed by atoms with Gasteiger partial charge >= 0.3 is 0 Å². The fourth-order valence-electron chi connectivity index (χ4n) is 3.25. The molecule has 1 aliphatic heterocycles. The number of nitrogens with zero attached hydrogens (tertiary/aromatic N) is 3. The molecule has 1 aromatic carbocycles. The van der Waals surface area contributed by atoms with Crippen molar-refractivity contribution in [3.8, 4) is 0 Å². The fraction of sp³-hybridized carbons (Fsp3) is 0.368. The van der Waals surface area contributed by atoms with E-state index in [9.17, 15) is 4.79 Å². The van der Waals surface area contributed by atoms with Gasteiger partial charge in [-0.2, -0.15) is 0 Å². The quantitative estimate of drug-likeness (QED) is 0.919. The molecule has 0 saturated carbocycles. The second kappa shape index (κ2) is 7.45. The minimum atomic E-state index is -0.0311. The largest absolute Gasteiger partial charge is 0.336 e. The predicted molar refractivity (Wildman–Crippen MR) is 95.2 cm³/mol. The zero-order chi connectivity index (χ0) is 16.9. The molecule has 5 nitrogen and oxygen atoms in total. The van der Waals surface area contributed by atoms with E-state index in [-0.39, 0.29) is 18.0 Å². The van der Waals surface area contributed by atoms with Crippen LogP contribution in [-0.2, 0) is 11.8 Å². The van der Waals surface area contributed by atoms with Crippen molar-refractivity contribution in [1.29, 1.82) is 0 Å². The Hall–Kier alpha value is -2.40. The van der Waals surface area contributed by atoms with Crippen LogP contribution in [0.15, 0.2) is 48.8 Å². The maximum Gasteiger partial charge on any atom is 0.223 e. The molecule has 0 bridgehead atoms. The minimum Gasteiger partial charge on any atom is -0.336 e. The topological polar surface area (TPSA) is 50.2 Å². The van der Waals surface area contributed by atoms with Gasteiger partial charge in [0.2, 0.25) is 5.91 Å². The normalized spacial score (nSPS) is 21.6. The molecule has 2 atom stereocenters. The third kappa shape index (κ3) is 3.57. The number of nitrogens with one attached hydrogen (secondary N) is 1. The van der Waals surface area contributed by atoms with Gasteiger partial charge < -0.3 is 14.8 Å². The van der Waals surface area contributed by atoms with Gasteiger partial charge in [0.05, 0.1) is 0 Å². The number of imidazole rings is 1. The average molecular weight is 324 g/mol. The van der Waals surface area contributed by atoms with Crippen molar-refractivity contribution in [2.24, 2.45) is 7.05 Å². The number of likely N-dealkylation sites (tertiary alicyclic amines) is 1. The summed E-state index contributed by atoms with van der Waals surface area (Å²) in [6.45, 7) is 0.766. The molecular weight excluding hydrogens is 300 g/mol. The van der Waals surface area contributed by atoms with Crippen LogP contribution in [-0.4, -0.2) is 40.0 Å². The van der Waals surface area contributed by atoms with Crippen LogP contribution in [0, 0.1) is 0 Å². The monoisotopic (exact) mass is 324 g/mol. The number of likely N-dealkylation sites (N-methyl/N-ethyl adjacent to an activating group) is 1. The van der Waals surface area contributed by atoms with E-state index in [1.165, 1.54) is 5.56 Å². The molecule has 3 rings (SSSR count). The SMILES string of the molecule is CN1C(=O)CC[C@@H](NC/C=C/c2ccccc2)[C@@H]1c1nccn1C. The van der Waals surface area contributed by atoms with Crippen LogP contribution in [0.4, 0.5) is 0 Å². The third-order valence-corrected chi connectivity index (χ3v) is 4.59. The summed E-state index contributed by atoms with van der Waals surface area (Å²) in [5, 5.41) is 3.57. The van der Waals surface area contributed by atoms with Gasteiger partial charge in [-0.3, -0.25) is 4.79 Å². The average Bonchev–Trinajstić information content (AvgIpc) is 3.01. The molecular formula is C19H24N4O. The molecule has 1 saturated heterocycles. The van der Waals surface area contributed by atoms with Crippen molar-refractivity contribution in [2.75, 3.05) is 13.6 Å². The molecule has 1 amide bonds. The van der Waals surface area contributed by atoms with Gasteiger partial charge in [0, 0.05) is 45.5 Å². The first-order chi connectivity index (χ1) is 11.7. The van der Waals surface area contributed by atoms with Crippen molar-refractivity contribution in [3.05, 3.63) is 60.2 Å². The second-order valence-electron chi connectivity index (χ2n) is 6.21. The lowest BCUT2D eigenvalue weighted by Gasteiger charge is -2.38. The Balaban J connectivity index is 1.67. The van der Waals surface area contributed by atoms with Crippen LogP contribution in [0.5, 0.6) is 0 Å². The van der Waals surface area contributed by atoms with Crippen LogP contribution in [0.1, 0.15) is 30.3 Å². The zero-order valence-electron chi connectivity index (χ0n) is 14.2. The number of aromatic nitrogens is 2. The van der Waals surface area contributed by atoms with E-state index in [4.69, 9.17) is 0 Å². The van der Waals surface area contributed by atoms with Crippen molar-refractivity contribution in [1.82, 2.24) is 19.8 Å². The molecule has 0 radical (unpaired) electrons. The van der Waals surface area contributed by atoms with Gasteiger partial charge in [-0.1, -0.05) is 42.5 Å². The van der Waals surface area contributed by atoms with E-state index >= 15 is 0 Å². The molecule has 0 unspecified atom stereocenters. The lowest BCUT2D eigenvalue weighted by atomic mass is 9.95. The molecule has 126 valence electrons. The van der Waals surface area contributed by atoms with E-state index < -0.39 is 0 Å². The highest BCUT2D eigenvalue weighted by atomic mass is 16.2. The van der Waals surface area contributed by atoms with Crippen LogP contribution in [0.3, 0.4) is 0 Å². The van der Waals surface area contributed by atoms with Gasteiger partial charge in [0.15, 0.2) is 0 Å². The molecule has 0 aliphatic carbocycles. The first-order valence-electron chi connectivity index (χ1n) is 8.34. The Kier molecular flexibility index (Phi) is 5.11. The summed E-state index contributed by atoms with van der Waals surface area (Å²) in [5.74, 6) is 1.11. The summed E-state index contributed by atoms with van der Waals surface area (Å²) < 4.78 is 1.99. The lowest BCUT2D eigenvalue weighted by Crippen LogP contribution is -2.50. The van der Waals surface area contributed by atoms with Gasteiger partial charge in [-0.15, -0.1) is 0 Å². The number of hydrogen-bond acceptors (Lipinski definition) is 3. The molecule has 5 heteroatoms. The highest BCUT2D eigenvalue weighted by Gasteiger charge is 2.36. The molecule has 1 aliphatic rings. The Morgan fingerprint density at radius 1 is 1.29 bits per heavy atom. The van der Waals surface area contributed by atoms with E-state index in [2.05, 4.69) is 34.6 Å². The number of rotatable bonds is 5. The van der Waals surface area contributed by atoms with Crippen LogP contribution in [0.2, 0.25) is 0 Å². The van der Waals surface area contributed by atoms with Crippen molar-refractivity contribution >= 4 is 12.0 Å². The number of hydrogen-bond donors (Lipinski definition) is 1. The number of benzene rings is 1. The van der Waals surface area contributed by atoms with E-state index in [0.29, 0.717) is 6.42 Å². The molecule has 1 aromatic heterocycles. The lowest BCUT2D eigenvalue weighted by molar-refractivity contribution is -0.136. The molecule has 1 N–H and O–H groups in total. The number of aryl methyl sites for hydroxylation is 1. The smallest absolute Gasteiger partial charge is 0.223 e. The first kappa shape index (κ1) is 16.5. The van der Waals surface area contributed by atoms with Crippen LogP contribution < -0.4 is 5.32 Å². The molecule has 2 aromatic rings. The van der Waals surface area contributed by atoms with E-state index in [1.54, 1.807) is 6.20 Å². The zero-order valence-corrected chi connectivity index (χ0v) is 14.2. The van der Waals surface area contributed by atoms with Gasteiger partial charge in [0.25, 0.3) is 0 Å². The summed E-state index contributed by atoms with van der Waals surface area (Å²) in [5.41, 5.74) is 1.19. The molecule has 1 fully saturated rings. The highest BCUT2D eigenvalue weighted by Crippen LogP contribution is 2.29. The molecule has 0 spiro atoms. The summed E-state index contributed by atoms with van der Waals surface area (Å²) in [4.78, 5) is 18.4. The number of carbonyl (C=O) groups is 1. The van der Waals surface area contributed by atoms with Crippen molar-refractivity contribution in [3.63, 3.8) is 0 Å². The van der Waals surface area contributed by atoms with Crippen molar-refractivity contribution in [2.45, 2.75) is 24.9 Å². The van der Waals surface area contributed by atoms with Gasteiger partial charge in [0.1, 0.15) is 11.9 Å². The third-order valence-electron chi connectivity index (χ3n) is 4.59. The molecule has 2 heterocycles. The van der Waals surface area contributed by atoms with E-state index in [1.807, 2.05) is 48.0 Å². The van der Waals surface area contributed by atoms with Gasteiger partial charge in [-0.25, -0.2) is 4.98 Å². The summed E-state index contributed by atoms with van der Waals surface area (Å²) >= 11 is 0.